The molecule has 0 spiro atoms. The first kappa shape index (κ1) is 16.7. The van der Waals surface area contributed by atoms with Gasteiger partial charge in [-0.15, -0.1) is 11.3 Å². The molecule has 0 atom stereocenters. The topological polar surface area (TPSA) is 76.5 Å². The lowest BCUT2D eigenvalue weighted by atomic mass is 10.4. The Kier molecular flexibility index (Phi) is 5.26. The summed E-state index contributed by atoms with van der Waals surface area (Å²) in [5, 5.41) is 1.93. The molecule has 116 valence electrons. The van der Waals surface area contributed by atoms with Gasteiger partial charge in [0.05, 0.1) is 6.54 Å². The molecule has 0 saturated carbocycles. The molecule has 2 rings (SSSR count). The number of thiophene rings is 1. The van der Waals surface area contributed by atoms with Crippen LogP contribution in [0.25, 0.3) is 0 Å². The van der Waals surface area contributed by atoms with Crippen molar-refractivity contribution in [1.29, 1.82) is 0 Å². The lowest BCUT2D eigenvalue weighted by Crippen LogP contribution is -2.36. The Labute approximate surface area is 136 Å². The van der Waals surface area contributed by atoms with E-state index in [1.807, 2.05) is 31.4 Å². The fourth-order valence-electron chi connectivity index (χ4n) is 1.90. The number of hydrogen-bond acceptors (Lipinski definition) is 5. The van der Waals surface area contributed by atoms with E-state index in [4.69, 9.17) is 10.2 Å². The molecule has 0 aliphatic rings. The van der Waals surface area contributed by atoms with Crippen LogP contribution in [0.4, 0.5) is 0 Å². The summed E-state index contributed by atoms with van der Waals surface area (Å²) in [7, 11) is -3.65. The maximum absolute atomic E-state index is 12.8. The van der Waals surface area contributed by atoms with Gasteiger partial charge in [0.1, 0.15) is 10.7 Å². The van der Waals surface area contributed by atoms with Crippen LogP contribution in [0.5, 0.6) is 0 Å². The van der Waals surface area contributed by atoms with Crippen molar-refractivity contribution < 1.29 is 12.8 Å². The van der Waals surface area contributed by atoms with E-state index in [1.165, 1.54) is 21.7 Å². The fourth-order valence-corrected chi connectivity index (χ4v) is 5.26. The number of rotatable bonds is 6. The molecule has 0 fully saturated rings. The first-order valence-corrected chi connectivity index (χ1v) is 9.50. The van der Waals surface area contributed by atoms with E-state index in [2.05, 4.69) is 15.9 Å². The summed E-state index contributed by atoms with van der Waals surface area (Å²) >= 11 is 4.70. The molecular formula is C13H17BrN2O3S2. The van der Waals surface area contributed by atoms with E-state index < -0.39 is 10.0 Å². The molecule has 0 aliphatic carbocycles. The Hall–Kier alpha value is -0.670. The summed E-state index contributed by atoms with van der Waals surface area (Å²) in [5.41, 5.74) is 5.50. The van der Waals surface area contributed by atoms with E-state index in [0.717, 1.165) is 4.88 Å². The van der Waals surface area contributed by atoms with Gasteiger partial charge >= 0.3 is 0 Å². The molecule has 0 radical (unpaired) electrons. The largest absolute Gasteiger partial charge is 0.452 e. The van der Waals surface area contributed by atoms with Gasteiger partial charge in [-0.25, -0.2) is 8.42 Å². The third-order valence-electron chi connectivity index (χ3n) is 2.96. The van der Waals surface area contributed by atoms with Crippen molar-refractivity contribution in [1.82, 2.24) is 4.31 Å². The smallest absolute Gasteiger partial charge is 0.248 e. The van der Waals surface area contributed by atoms with Crippen LogP contribution in [-0.2, 0) is 23.1 Å². The average Bonchev–Trinajstić information content (AvgIpc) is 3.04. The molecule has 8 heteroatoms. The summed E-state index contributed by atoms with van der Waals surface area (Å²) in [5.74, 6) is 0.431. The van der Waals surface area contributed by atoms with Crippen molar-refractivity contribution in [3.05, 3.63) is 38.9 Å². The molecule has 0 bridgehead atoms. The molecule has 0 unspecified atom stereocenters. The van der Waals surface area contributed by atoms with Crippen molar-refractivity contribution in [2.75, 3.05) is 0 Å². The predicted octanol–water partition coefficient (Wildman–Crippen LogP) is 3.16. The maximum atomic E-state index is 12.8. The van der Waals surface area contributed by atoms with Gasteiger partial charge in [-0.05, 0) is 41.2 Å². The number of nitrogens with zero attached hydrogens (tertiary/aromatic N) is 1. The Bertz CT molecular complexity index is 693. The van der Waals surface area contributed by atoms with Crippen molar-refractivity contribution >= 4 is 37.3 Å². The van der Waals surface area contributed by atoms with Gasteiger partial charge < -0.3 is 10.2 Å². The zero-order valence-corrected chi connectivity index (χ0v) is 15.0. The van der Waals surface area contributed by atoms with Crippen molar-refractivity contribution in [3.63, 3.8) is 0 Å². The van der Waals surface area contributed by atoms with Gasteiger partial charge in [0.2, 0.25) is 10.0 Å². The van der Waals surface area contributed by atoms with Crippen LogP contribution >= 0.6 is 27.3 Å². The lowest BCUT2D eigenvalue weighted by Gasteiger charge is -2.24. The second kappa shape index (κ2) is 6.62. The third kappa shape index (κ3) is 3.57. The molecule has 2 aromatic rings. The quantitative estimate of drug-likeness (QED) is 0.818. The Morgan fingerprint density at radius 1 is 1.48 bits per heavy atom. The second-order valence-corrected chi connectivity index (χ2v) is 8.39. The molecule has 0 aliphatic heterocycles. The van der Waals surface area contributed by atoms with Crippen LogP contribution in [0, 0.1) is 0 Å². The van der Waals surface area contributed by atoms with Gasteiger partial charge in [-0.1, -0.05) is 6.07 Å². The highest BCUT2D eigenvalue weighted by molar-refractivity contribution is 9.10. The highest BCUT2D eigenvalue weighted by atomic mass is 79.9. The molecule has 0 saturated heterocycles. The first-order valence-electron chi connectivity index (χ1n) is 6.38. The molecule has 5 nitrogen and oxygen atoms in total. The Balaban J connectivity index is 2.39. The van der Waals surface area contributed by atoms with E-state index in [9.17, 15) is 8.42 Å². The van der Waals surface area contributed by atoms with E-state index >= 15 is 0 Å². The third-order valence-corrected chi connectivity index (χ3v) is 6.70. The lowest BCUT2D eigenvalue weighted by molar-refractivity contribution is 0.349. The van der Waals surface area contributed by atoms with Gasteiger partial charge in [0.15, 0.2) is 4.67 Å². The van der Waals surface area contributed by atoms with E-state index in [-0.39, 0.29) is 22.2 Å². The van der Waals surface area contributed by atoms with Crippen LogP contribution in [-0.4, -0.2) is 18.8 Å². The number of nitrogens with two attached hydrogens (primary N) is 1. The number of sulfonamides is 1. The summed E-state index contributed by atoms with van der Waals surface area (Å²) in [4.78, 5) is 1.11. The zero-order valence-electron chi connectivity index (χ0n) is 11.7. The summed E-state index contributed by atoms with van der Waals surface area (Å²) in [6.45, 7) is 4.19. The monoisotopic (exact) mass is 392 g/mol. The second-order valence-electron chi connectivity index (χ2n) is 4.78. The summed E-state index contributed by atoms with van der Waals surface area (Å²) in [6, 6.07) is 5.14. The minimum absolute atomic E-state index is 0.119. The molecular weight excluding hydrogens is 376 g/mol. The average molecular weight is 393 g/mol. The minimum atomic E-state index is -3.65. The molecule has 0 aromatic carbocycles. The number of halogens is 1. The molecule has 0 amide bonds. The first-order chi connectivity index (χ1) is 9.86. The number of hydrogen-bond donors (Lipinski definition) is 1. The van der Waals surface area contributed by atoms with Gasteiger partial charge in [0.25, 0.3) is 0 Å². The molecule has 2 N–H and O–H groups in total. The number of furan rings is 1. The van der Waals surface area contributed by atoms with Crippen molar-refractivity contribution in [3.8, 4) is 0 Å². The highest BCUT2D eigenvalue weighted by Gasteiger charge is 2.31. The van der Waals surface area contributed by atoms with Crippen LogP contribution in [0.2, 0.25) is 0 Å². The normalized spacial score (nSPS) is 12.5. The van der Waals surface area contributed by atoms with Gasteiger partial charge in [-0.2, -0.15) is 4.31 Å². The van der Waals surface area contributed by atoms with E-state index in [0.29, 0.717) is 12.3 Å². The van der Waals surface area contributed by atoms with Crippen LogP contribution in [0.1, 0.15) is 24.5 Å². The Morgan fingerprint density at radius 3 is 2.67 bits per heavy atom. The van der Waals surface area contributed by atoms with Crippen molar-refractivity contribution in [2.45, 2.75) is 37.9 Å². The van der Waals surface area contributed by atoms with Crippen molar-refractivity contribution in [2.24, 2.45) is 5.73 Å². The molecule has 2 aromatic heterocycles. The maximum Gasteiger partial charge on any atom is 0.248 e. The SMILES string of the molecule is CC(C)N(Cc1cccs1)S(=O)(=O)c1cc(CN)oc1Br. The van der Waals surface area contributed by atoms with Crippen LogP contribution in [0.3, 0.4) is 0 Å². The molecule has 21 heavy (non-hydrogen) atoms. The zero-order chi connectivity index (χ0) is 15.6. The summed E-state index contributed by atoms with van der Waals surface area (Å²) in [6.07, 6.45) is 0. The standard InChI is InChI=1S/C13H17BrN2O3S2/c1-9(2)16(8-11-4-3-5-20-11)21(17,18)12-6-10(7-15)19-13(12)14/h3-6,9H,7-8,15H2,1-2H3. The molecule has 2 heterocycles. The fraction of sp³-hybridized carbons (Fsp3) is 0.385. The predicted molar refractivity (Wildman–Crippen MR) is 86.5 cm³/mol. The van der Waals surface area contributed by atoms with E-state index in [1.54, 1.807) is 0 Å². The van der Waals surface area contributed by atoms with Gasteiger partial charge in [0, 0.05) is 23.5 Å². The summed E-state index contributed by atoms with van der Waals surface area (Å²) < 4.78 is 32.7. The Morgan fingerprint density at radius 2 is 2.19 bits per heavy atom. The van der Waals surface area contributed by atoms with Gasteiger partial charge in [-0.3, -0.25) is 0 Å². The minimum Gasteiger partial charge on any atom is -0.452 e. The highest BCUT2D eigenvalue weighted by Crippen LogP contribution is 2.31. The van der Waals surface area contributed by atoms with Crippen LogP contribution in [0.15, 0.2) is 37.6 Å². The van der Waals surface area contributed by atoms with Crippen LogP contribution < -0.4 is 5.73 Å².